The predicted molar refractivity (Wildman–Crippen MR) is 82.3 cm³/mol. The van der Waals surface area contributed by atoms with E-state index in [-0.39, 0.29) is 11.9 Å². The first-order valence-corrected chi connectivity index (χ1v) is 7.92. The summed E-state index contributed by atoms with van der Waals surface area (Å²) in [5.41, 5.74) is 0.782. The van der Waals surface area contributed by atoms with Crippen molar-refractivity contribution in [1.29, 1.82) is 0 Å². The van der Waals surface area contributed by atoms with Gasteiger partial charge in [-0.25, -0.2) is 4.39 Å². The lowest BCUT2D eigenvalue weighted by Crippen LogP contribution is -2.42. The lowest BCUT2D eigenvalue weighted by Gasteiger charge is -2.36. The van der Waals surface area contributed by atoms with Crippen LogP contribution in [0.3, 0.4) is 0 Å². The van der Waals surface area contributed by atoms with Crippen LogP contribution in [0.4, 0.5) is 4.39 Å². The number of hydrogen-bond acceptors (Lipinski definition) is 2. The molecule has 1 aromatic rings. The topological polar surface area (TPSA) is 15.3 Å². The van der Waals surface area contributed by atoms with E-state index in [1.165, 1.54) is 32.1 Å². The Morgan fingerprint density at radius 1 is 1.25 bits per heavy atom. The maximum atomic E-state index is 14.0. The summed E-state index contributed by atoms with van der Waals surface area (Å²) in [7, 11) is 1.92. The molecule has 0 aliphatic heterocycles. The third-order valence-corrected chi connectivity index (χ3v) is 4.54. The molecule has 112 valence electrons. The average molecular weight is 278 g/mol. The molecule has 1 unspecified atom stereocenters. The van der Waals surface area contributed by atoms with Gasteiger partial charge in [0.2, 0.25) is 0 Å². The Hall–Kier alpha value is -0.930. The molecule has 0 amide bonds. The van der Waals surface area contributed by atoms with Gasteiger partial charge in [-0.3, -0.25) is 4.90 Å². The summed E-state index contributed by atoms with van der Waals surface area (Å²) in [5, 5.41) is 3.28. The third kappa shape index (κ3) is 3.80. The van der Waals surface area contributed by atoms with Gasteiger partial charge in [-0.2, -0.15) is 0 Å². The van der Waals surface area contributed by atoms with Crippen molar-refractivity contribution in [2.45, 2.75) is 51.1 Å². The Bertz CT molecular complexity index is 402. The molecule has 0 aromatic heterocycles. The average Bonchev–Trinajstić information content (AvgIpc) is 2.50. The molecule has 0 radical (unpaired) electrons. The van der Waals surface area contributed by atoms with Crippen molar-refractivity contribution in [3.05, 3.63) is 35.6 Å². The van der Waals surface area contributed by atoms with Crippen LogP contribution in [0.15, 0.2) is 24.3 Å². The molecule has 1 fully saturated rings. The molecule has 0 spiro atoms. The van der Waals surface area contributed by atoms with E-state index < -0.39 is 0 Å². The number of halogens is 1. The summed E-state index contributed by atoms with van der Waals surface area (Å²) in [5.74, 6) is -0.105. The minimum atomic E-state index is -0.105. The second kappa shape index (κ2) is 7.75. The molecule has 1 atom stereocenters. The van der Waals surface area contributed by atoms with Gasteiger partial charge in [-0.1, -0.05) is 44.4 Å². The van der Waals surface area contributed by atoms with Gasteiger partial charge >= 0.3 is 0 Å². The van der Waals surface area contributed by atoms with Crippen molar-refractivity contribution in [3.8, 4) is 0 Å². The molecule has 0 heterocycles. The molecule has 1 saturated carbocycles. The fourth-order valence-electron chi connectivity index (χ4n) is 3.32. The lowest BCUT2D eigenvalue weighted by molar-refractivity contribution is 0.148. The highest BCUT2D eigenvalue weighted by atomic mass is 19.1. The van der Waals surface area contributed by atoms with Crippen molar-refractivity contribution in [3.63, 3.8) is 0 Å². The third-order valence-electron chi connectivity index (χ3n) is 4.54. The van der Waals surface area contributed by atoms with Crippen molar-refractivity contribution in [2.24, 2.45) is 0 Å². The molecule has 1 aromatic carbocycles. The summed E-state index contributed by atoms with van der Waals surface area (Å²) in [4.78, 5) is 2.52. The molecule has 0 bridgehead atoms. The van der Waals surface area contributed by atoms with Gasteiger partial charge in [0.25, 0.3) is 0 Å². The second-order valence-corrected chi connectivity index (χ2v) is 5.74. The SMILES string of the molecule is CCN(CC(NC)c1ccccc1F)C1CCCCC1. The fraction of sp³-hybridized carbons (Fsp3) is 0.647. The van der Waals surface area contributed by atoms with Crippen molar-refractivity contribution in [2.75, 3.05) is 20.1 Å². The molecule has 3 heteroatoms. The predicted octanol–water partition coefficient (Wildman–Crippen LogP) is 3.74. The van der Waals surface area contributed by atoms with Crippen LogP contribution < -0.4 is 5.32 Å². The number of nitrogens with one attached hydrogen (secondary N) is 1. The smallest absolute Gasteiger partial charge is 0.128 e. The van der Waals surface area contributed by atoms with E-state index in [9.17, 15) is 4.39 Å². The van der Waals surface area contributed by atoms with E-state index >= 15 is 0 Å². The van der Waals surface area contributed by atoms with Gasteiger partial charge in [0.15, 0.2) is 0 Å². The van der Waals surface area contributed by atoms with Gasteiger partial charge in [-0.05, 0) is 32.5 Å². The van der Waals surface area contributed by atoms with Crippen LogP contribution >= 0.6 is 0 Å². The minimum absolute atomic E-state index is 0.0677. The zero-order valence-corrected chi connectivity index (χ0v) is 12.7. The largest absolute Gasteiger partial charge is 0.312 e. The van der Waals surface area contributed by atoms with E-state index in [1.54, 1.807) is 12.1 Å². The Labute approximate surface area is 122 Å². The monoisotopic (exact) mass is 278 g/mol. The highest BCUT2D eigenvalue weighted by Crippen LogP contribution is 2.25. The second-order valence-electron chi connectivity index (χ2n) is 5.74. The minimum Gasteiger partial charge on any atom is -0.312 e. The normalized spacial score (nSPS) is 18.4. The van der Waals surface area contributed by atoms with Crippen LogP contribution in [0.1, 0.15) is 50.6 Å². The number of rotatable bonds is 6. The van der Waals surface area contributed by atoms with E-state index in [0.29, 0.717) is 6.04 Å². The zero-order valence-electron chi connectivity index (χ0n) is 12.7. The van der Waals surface area contributed by atoms with Crippen LogP contribution in [-0.2, 0) is 0 Å². The maximum Gasteiger partial charge on any atom is 0.128 e. The molecule has 1 N–H and O–H groups in total. The van der Waals surface area contributed by atoms with Crippen LogP contribution in [0, 0.1) is 5.82 Å². The maximum absolute atomic E-state index is 14.0. The zero-order chi connectivity index (χ0) is 14.4. The van der Waals surface area contributed by atoms with Crippen molar-refractivity contribution < 1.29 is 4.39 Å². The molecule has 2 nitrogen and oxygen atoms in total. The Morgan fingerprint density at radius 3 is 2.55 bits per heavy atom. The van der Waals surface area contributed by atoms with E-state index in [1.807, 2.05) is 19.2 Å². The van der Waals surface area contributed by atoms with Crippen LogP contribution in [-0.4, -0.2) is 31.1 Å². The summed E-state index contributed by atoms with van der Waals surface area (Å²) in [6.45, 7) is 4.14. The van der Waals surface area contributed by atoms with E-state index in [4.69, 9.17) is 0 Å². The highest BCUT2D eigenvalue weighted by Gasteiger charge is 2.23. The first-order valence-electron chi connectivity index (χ1n) is 7.92. The Morgan fingerprint density at radius 2 is 1.95 bits per heavy atom. The number of nitrogens with zero attached hydrogens (tertiary/aromatic N) is 1. The quantitative estimate of drug-likeness (QED) is 0.852. The lowest BCUT2D eigenvalue weighted by atomic mass is 9.93. The summed E-state index contributed by atoms with van der Waals surface area (Å²) in [6.07, 6.45) is 6.64. The summed E-state index contributed by atoms with van der Waals surface area (Å²) < 4.78 is 14.0. The standard InChI is InChI=1S/C17H27FN2/c1-3-20(14-9-5-4-6-10-14)13-17(19-2)15-11-7-8-12-16(15)18/h7-8,11-12,14,17,19H,3-6,9-10,13H2,1-2H3. The van der Waals surface area contributed by atoms with Crippen molar-refractivity contribution in [1.82, 2.24) is 10.2 Å². The molecule has 0 saturated heterocycles. The van der Waals surface area contributed by atoms with Crippen LogP contribution in [0.2, 0.25) is 0 Å². The Balaban J connectivity index is 2.05. The molecular formula is C17H27FN2. The van der Waals surface area contributed by atoms with Gasteiger partial charge in [0.1, 0.15) is 5.82 Å². The Kier molecular flexibility index (Phi) is 5.99. The van der Waals surface area contributed by atoms with Crippen LogP contribution in [0.25, 0.3) is 0 Å². The first-order chi connectivity index (χ1) is 9.76. The molecule has 1 aliphatic carbocycles. The van der Waals surface area contributed by atoms with Gasteiger partial charge < -0.3 is 5.32 Å². The van der Waals surface area contributed by atoms with Gasteiger partial charge in [0.05, 0.1) is 0 Å². The molecule has 20 heavy (non-hydrogen) atoms. The highest BCUT2D eigenvalue weighted by molar-refractivity contribution is 5.21. The van der Waals surface area contributed by atoms with Crippen LogP contribution in [0.5, 0.6) is 0 Å². The number of benzene rings is 1. The molecule has 2 rings (SSSR count). The molecular weight excluding hydrogens is 251 g/mol. The van der Waals surface area contributed by atoms with Gasteiger partial charge in [-0.15, -0.1) is 0 Å². The van der Waals surface area contributed by atoms with E-state index in [0.717, 1.165) is 18.7 Å². The first kappa shape index (κ1) is 15.5. The number of likely N-dealkylation sites (N-methyl/N-ethyl adjacent to an activating group) is 2. The van der Waals surface area contributed by atoms with Gasteiger partial charge in [0, 0.05) is 24.2 Å². The summed E-state index contributed by atoms with van der Waals surface area (Å²) in [6, 6.07) is 7.86. The molecule has 1 aliphatic rings. The summed E-state index contributed by atoms with van der Waals surface area (Å²) >= 11 is 0. The van der Waals surface area contributed by atoms with E-state index in [2.05, 4.69) is 17.1 Å². The van der Waals surface area contributed by atoms with Crippen molar-refractivity contribution >= 4 is 0 Å². The number of hydrogen-bond donors (Lipinski definition) is 1. The fourth-order valence-corrected chi connectivity index (χ4v) is 3.32.